The minimum absolute atomic E-state index is 0.0613. The number of aliphatic hydroxyl groups excluding tert-OH is 1. The molecule has 2 aromatic rings. The summed E-state index contributed by atoms with van der Waals surface area (Å²) >= 11 is 0. The normalized spacial score (nSPS) is 12.8. The quantitative estimate of drug-likeness (QED) is 0.789. The van der Waals surface area contributed by atoms with E-state index in [1.54, 1.807) is 26.0 Å². The van der Waals surface area contributed by atoms with E-state index in [9.17, 15) is 17.9 Å². The van der Waals surface area contributed by atoms with E-state index >= 15 is 0 Å². The van der Waals surface area contributed by atoms with Gasteiger partial charge in [0.1, 0.15) is 11.6 Å². The van der Waals surface area contributed by atoms with Gasteiger partial charge < -0.3 is 9.84 Å². The first kappa shape index (κ1) is 19.4. The molecule has 1 unspecified atom stereocenters. The molecule has 0 aliphatic rings. The Labute approximate surface area is 147 Å². The Hall–Kier alpha value is -1.96. The molecule has 1 atom stereocenters. The van der Waals surface area contributed by atoms with E-state index in [2.05, 4.69) is 4.72 Å². The molecule has 0 amide bonds. The highest BCUT2D eigenvalue weighted by Crippen LogP contribution is 2.25. The van der Waals surface area contributed by atoms with Crippen molar-refractivity contribution < 1.29 is 22.7 Å². The fourth-order valence-corrected chi connectivity index (χ4v) is 4.20. The van der Waals surface area contributed by atoms with Gasteiger partial charge in [-0.25, -0.2) is 17.5 Å². The van der Waals surface area contributed by atoms with Crippen LogP contribution < -0.4 is 9.46 Å². The molecule has 0 aliphatic carbocycles. The Kier molecular flexibility index (Phi) is 6.16. The topological polar surface area (TPSA) is 75.6 Å². The number of aliphatic hydroxyl groups is 1. The number of benzene rings is 2. The standard InChI is InChI=1S/C18H22FNO4S/c1-12-10-16(24-3)11-13(2)18(12)25(22,23)20-9-8-17(21)14-4-6-15(19)7-5-14/h4-7,10-11,17,20-21H,8-9H2,1-3H3. The van der Waals surface area contributed by atoms with Gasteiger partial charge in [0.2, 0.25) is 10.0 Å². The van der Waals surface area contributed by atoms with Gasteiger partial charge in [-0.2, -0.15) is 0 Å². The molecule has 2 N–H and O–H groups in total. The monoisotopic (exact) mass is 367 g/mol. The second-order valence-corrected chi connectivity index (χ2v) is 7.55. The van der Waals surface area contributed by atoms with Crippen molar-refractivity contribution in [2.45, 2.75) is 31.3 Å². The van der Waals surface area contributed by atoms with Crippen molar-refractivity contribution in [3.63, 3.8) is 0 Å². The fourth-order valence-electron chi connectivity index (χ4n) is 2.71. The minimum Gasteiger partial charge on any atom is -0.497 e. The van der Waals surface area contributed by atoms with E-state index in [0.29, 0.717) is 22.4 Å². The zero-order valence-electron chi connectivity index (χ0n) is 14.4. The molecule has 2 rings (SSSR count). The molecule has 7 heteroatoms. The maximum absolute atomic E-state index is 12.9. The zero-order chi connectivity index (χ0) is 18.6. The summed E-state index contributed by atoms with van der Waals surface area (Å²) in [6.07, 6.45) is -0.694. The molecular formula is C18H22FNO4S. The van der Waals surface area contributed by atoms with Crippen LogP contribution >= 0.6 is 0 Å². The third-order valence-corrected chi connectivity index (χ3v) is 5.67. The summed E-state index contributed by atoms with van der Waals surface area (Å²) < 4.78 is 45.6. The molecule has 0 spiro atoms. The van der Waals surface area contributed by atoms with Crippen molar-refractivity contribution in [3.05, 3.63) is 58.9 Å². The number of hydrogen-bond donors (Lipinski definition) is 2. The Balaban J connectivity index is 2.06. The summed E-state index contributed by atoms with van der Waals surface area (Å²) in [7, 11) is -2.18. The molecule has 0 fully saturated rings. The Morgan fingerprint density at radius 3 is 2.24 bits per heavy atom. The maximum Gasteiger partial charge on any atom is 0.241 e. The molecule has 0 saturated carbocycles. The Bertz CT molecular complexity index is 812. The lowest BCUT2D eigenvalue weighted by Crippen LogP contribution is -2.27. The van der Waals surface area contributed by atoms with Gasteiger partial charge in [-0.05, 0) is 61.2 Å². The molecule has 5 nitrogen and oxygen atoms in total. The van der Waals surface area contributed by atoms with Crippen LogP contribution in [0.3, 0.4) is 0 Å². The van der Waals surface area contributed by atoms with Crippen molar-refractivity contribution in [1.82, 2.24) is 4.72 Å². The second kappa shape index (κ2) is 7.95. The van der Waals surface area contributed by atoms with Crippen LogP contribution in [0.25, 0.3) is 0 Å². The van der Waals surface area contributed by atoms with E-state index in [1.165, 1.54) is 31.4 Å². The minimum atomic E-state index is -3.71. The molecule has 136 valence electrons. The summed E-state index contributed by atoms with van der Waals surface area (Å²) in [5.41, 5.74) is 1.71. The number of rotatable bonds is 7. The van der Waals surface area contributed by atoms with Crippen LogP contribution in [-0.4, -0.2) is 27.2 Å². The van der Waals surface area contributed by atoms with Crippen LogP contribution in [0.15, 0.2) is 41.3 Å². The Morgan fingerprint density at radius 2 is 1.72 bits per heavy atom. The average molecular weight is 367 g/mol. The lowest BCUT2D eigenvalue weighted by atomic mass is 10.1. The van der Waals surface area contributed by atoms with Crippen LogP contribution in [0.2, 0.25) is 0 Å². The van der Waals surface area contributed by atoms with Crippen LogP contribution in [0.1, 0.15) is 29.2 Å². The highest BCUT2D eigenvalue weighted by atomic mass is 32.2. The maximum atomic E-state index is 12.9. The molecule has 0 aromatic heterocycles. The number of nitrogens with one attached hydrogen (secondary N) is 1. The highest BCUT2D eigenvalue weighted by molar-refractivity contribution is 7.89. The van der Waals surface area contributed by atoms with Gasteiger partial charge >= 0.3 is 0 Å². The smallest absolute Gasteiger partial charge is 0.241 e. The first-order valence-corrected chi connectivity index (χ1v) is 9.31. The first-order chi connectivity index (χ1) is 11.7. The summed E-state index contributed by atoms with van der Waals surface area (Å²) in [5.74, 6) is 0.211. The van der Waals surface area contributed by atoms with Crippen molar-refractivity contribution in [2.24, 2.45) is 0 Å². The molecule has 0 saturated heterocycles. The summed E-state index contributed by atoms with van der Waals surface area (Å²) in [6, 6.07) is 8.79. The van der Waals surface area contributed by atoms with Crippen molar-refractivity contribution in [2.75, 3.05) is 13.7 Å². The summed E-state index contributed by atoms with van der Waals surface area (Å²) in [5, 5.41) is 10.1. The molecule has 25 heavy (non-hydrogen) atoms. The number of methoxy groups -OCH3 is 1. The number of hydrogen-bond acceptors (Lipinski definition) is 4. The van der Waals surface area contributed by atoms with Gasteiger partial charge in [-0.1, -0.05) is 12.1 Å². The number of aryl methyl sites for hydroxylation is 2. The van der Waals surface area contributed by atoms with E-state index in [-0.39, 0.29) is 23.7 Å². The molecule has 2 aromatic carbocycles. The number of ether oxygens (including phenoxy) is 1. The molecule has 0 heterocycles. The van der Waals surface area contributed by atoms with E-state index < -0.39 is 16.1 Å². The van der Waals surface area contributed by atoms with Crippen molar-refractivity contribution >= 4 is 10.0 Å². The van der Waals surface area contributed by atoms with Crippen LogP contribution in [0, 0.1) is 19.7 Å². The van der Waals surface area contributed by atoms with Crippen LogP contribution in [0.5, 0.6) is 5.75 Å². The zero-order valence-corrected chi connectivity index (χ0v) is 15.2. The van der Waals surface area contributed by atoms with Gasteiger partial charge in [-0.15, -0.1) is 0 Å². The van der Waals surface area contributed by atoms with Gasteiger partial charge in [0, 0.05) is 6.54 Å². The van der Waals surface area contributed by atoms with Crippen molar-refractivity contribution in [1.29, 1.82) is 0 Å². The third-order valence-electron chi connectivity index (χ3n) is 3.90. The molecule has 0 radical (unpaired) electrons. The fraction of sp³-hybridized carbons (Fsp3) is 0.333. The SMILES string of the molecule is COc1cc(C)c(S(=O)(=O)NCCC(O)c2ccc(F)cc2)c(C)c1. The largest absolute Gasteiger partial charge is 0.497 e. The van der Waals surface area contributed by atoms with E-state index in [4.69, 9.17) is 4.74 Å². The third kappa shape index (κ3) is 4.78. The summed E-state index contributed by atoms with van der Waals surface area (Å²) in [4.78, 5) is 0.213. The second-order valence-electron chi connectivity index (χ2n) is 5.84. The van der Waals surface area contributed by atoms with Gasteiger partial charge in [0.05, 0.1) is 18.1 Å². The Morgan fingerprint density at radius 1 is 1.16 bits per heavy atom. The van der Waals surface area contributed by atoms with Crippen molar-refractivity contribution in [3.8, 4) is 5.75 Å². The van der Waals surface area contributed by atoms with Gasteiger partial charge in [-0.3, -0.25) is 0 Å². The number of halogens is 1. The predicted octanol–water partition coefficient (Wildman–Crippen LogP) is 2.85. The van der Waals surface area contributed by atoms with Gasteiger partial charge in [0.15, 0.2) is 0 Å². The lowest BCUT2D eigenvalue weighted by Gasteiger charge is -2.15. The lowest BCUT2D eigenvalue weighted by molar-refractivity contribution is 0.169. The van der Waals surface area contributed by atoms with E-state index in [0.717, 1.165) is 0 Å². The molecule has 0 bridgehead atoms. The molecular weight excluding hydrogens is 345 g/mol. The highest BCUT2D eigenvalue weighted by Gasteiger charge is 2.20. The van der Waals surface area contributed by atoms with Gasteiger partial charge in [0.25, 0.3) is 0 Å². The first-order valence-electron chi connectivity index (χ1n) is 7.83. The molecule has 0 aliphatic heterocycles. The summed E-state index contributed by atoms with van der Waals surface area (Å²) in [6.45, 7) is 3.47. The number of sulfonamides is 1. The van der Waals surface area contributed by atoms with Crippen LogP contribution in [-0.2, 0) is 10.0 Å². The predicted molar refractivity (Wildman–Crippen MR) is 93.6 cm³/mol. The average Bonchev–Trinajstić information content (AvgIpc) is 2.54. The van der Waals surface area contributed by atoms with Crippen LogP contribution in [0.4, 0.5) is 4.39 Å². The van der Waals surface area contributed by atoms with E-state index in [1.807, 2.05) is 0 Å².